The van der Waals surface area contributed by atoms with E-state index in [2.05, 4.69) is 4.99 Å². The summed E-state index contributed by atoms with van der Waals surface area (Å²) in [5.74, 6) is -1.56. The van der Waals surface area contributed by atoms with Gasteiger partial charge >= 0.3 is 5.97 Å². The van der Waals surface area contributed by atoms with Gasteiger partial charge in [0.05, 0.1) is 23.1 Å². The van der Waals surface area contributed by atoms with Crippen LogP contribution in [0.3, 0.4) is 0 Å². The number of aromatic nitrogens is 1. The van der Waals surface area contributed by atoms with E-state index < -0.39 is 33.8 Å². The predicted molar refractivity (Wildman–Crippen MR) is 106 cm³/mol. The standard InChI is InChI=1S/C18H22FN3O5S2/c1-3-27-16(23)11-21-13-8-7-12(19)10-15(13)28-18(21)20-17(24)14-6-4-5-9-22(14)29(2,25)26/h7-8,10,14H,3-6,9,11H2,1-2H3/t14-/m1/s1. The van der Waals surface area contributed by atoms with Gasteiger partial charge in [0.2, 0.25) is 10.0 Å². The van der Waals surface area contributed by atoms with Crippen molar-refractivity contribution in [2.45, 2.75) is 38.8 Å². The number of amides is 1. The van der Waals surface area contributed by atoms with Crippen molar-refractivity contribution in [2.24, 2.45) is 4.99 Å². The molecule has 1 aliphatic rings. The molecular weight excluding hydrogens is 421 g/mol. The Morgan fingerprint density at radius 2 is 2.10 bits per heavy atom. The summed E-state index contributed by atoms with van der Waals surface area (Å²) in [5.41, 5.74) is 0.541. The van der Waals surface area contributed by atoms with E-state index in [4.69, 9.17) is 4.74 Å². The molecule has 1 aromatic carbocycles. The summed E-state index contributed by atoms with van der Waals surface area (Å²) in [5, 5.41) is 0. The SMILES string of the molecule is CCOC(=O)Cn1c(=NC(=O)[C@H]2CCCCN2S(C)(=O)=O)sc2cc(F)ccc21. The van der Waals surface area contributed by atoms with E-state index in [9.17, 15) is 22.4 Å². The molecule has 0 spiro atoms. The van der Waals surface area contributed by atoms with Crippen molar-refractivity contribution >= 4 is 43.5 Å². The Balaban J connectivity index is 2.06. The number of nitrogens with zero attached hydrogens (tertiary/aromatic N) is 3. The average molecular weight is 444 g/mol. The second kappa shape index (κ2) is 8.72. The fraction of sp³-hybridized carbons (Fsp3) is 0.500. The monoisotopic (exact) mass is 443 g/mol. The van der Waals surface area contributed by atoms with Crippen molar-refractivity contribution in [1.29, 1.82) is 0 Å². The van der Waals surface area contributed by atoms with E-state index in [0.29, 0.717) is 23.1 Å². The molecule has 1 amide bonds. The molecule has 0 unspecified atom stereocenters. The first-order valence-corrected chi connectivity index (χ1v) is 11.9. The third-order valence-corrected chi connectivity index (χ3v) is 6.94. The second-order valence-electron chi connectivity index (χ2n) is 6.72. The van der Waals surface area contributed by atoms with Gasteiger partial charge in [-0.15, -0.1) is 0 Å². The van der Waals surface area contributed by atoms with E-state index in [1.54, 1.807) is 6.92 Å². The van der Waals surface area contributed by atoms with Gasteiger partial charge in [0.15, 0.2) is 4.80 Å². The van der Waals surface area contributed by atoms with Crippen molar-refractivity contribution < 1.29 is 27.1 Å². The molecule has 3 rings (SSSR count). The highest BCUT2D eigenvalue weighted by atomic mass is 32.2. The average Bonchev–Trinajstić information content (AvgIpc) is 2.97. The largest absolute Gasteiger partial charge is 0.465 e. The van der Waals surface area contributed by atoms with E-state index in [1.807, 2.05) is 0 Å². The number of hydrogen-bond donors (Lipinski definition) is 0. The molecule has 1 aliphatic heterocycles. The molecule has 29 heavy (non-hydrogen) atoms. The van der Waals surface area contributed by atoms with Crippen LogP contribution in [-0.2, 0) is 30.9 Å². The Kier molecular flexibility index (Phi) is 6.49. The number of sulfonamides is 1. The molecule has 0 N–H and O–H groups in total. The number of ether oxygens (including phenoxy) is 1. The first-order valence-electron chi connectivity index (χ1n) is 9.20. The number of carbonyl (C=O) groups is 2. The zero-order chi connectivity index (χ0) is 21.2. The number of rotatable bonds is 5. The molecule has 0 bridgehead atoms. The predicted octanol–water partition coefficient (Wildman–Crippen LogP) is 1.65. The van der Waals surface area contributed by atoms with Gasteiger partial charge in [0.1, 0.15) is 18.4 Å². The second-order valence-corrected chi connectivity index (χ2v) is 9.67. The molecule has 1 fully saturated rings. The number of halogens is 1. The van der Waals surface area contributed by atoms with Crippen LogP contribution in [-0.4, -0.2) is 54.6 Å². The number of hydrogen-bond acceptors (Lipinski definition) is 6. The fourth-order valence-electron chi connectivity index (χ4n) is 3.34. The van der Waals surface area contributed by atoms with Crippen LogP contribution in [0.2, 0.25) is 0 Å². The van der Waals surface area contributed by atoms with Crippen LogP contribution >= 0.6 is 11.3 Å². The Morgan fingerprint density at radius 1 is 1.34 bits per heavy atom. The van der Waals surface area contributed by atoms with Crippen molar-refractivity contribution in [3.63, 3.8) is 0 Å². The van der Waals surface area contributed by atoms with E-state index >= 15 is 0 Å². The third kappa shape index (κ3) is 4.90. The Hall–Kier alpha value is -2.11. The summed E-state index contributed by atoms with van der Waals surface area (Å²) in [6.45, 7) is 1.96. The smallest absolute Gasteiger partial charge is 0.326 e. The summed E-state index contributed by atoms with van der Waals surface area (Å²) < 4.78 is 45.9. The highest BCUT2D eigenvalue weighted by Gasteiger charge is 2.34. The topological polar surface area (TPSA) is 98.0 Å². The minimum absolute atomic E-state index is 0.188. The normalized spacial score (nSPS) is 18.9. The zero-order valence-corrected chi connectivity index (χ0v) is 17.8. The Labute approximate surface area is 171 Å². The van der Waals surface area contributed by atoms with Crippen molar-refractivity contribution in [2.75, 3.05) is 19.4 Å². The molecule has 2 heterocycles. The van der Waals surface area contributed by atoms with Gasteiger partial charge in [-0.05, 0) is 38.0 Å². The van der Waals surface area contributed by atoms with Gasteiger partial charge in [0, 0.05) is 6.54 Å². The van der Waals surface area contributed by atoms with Gasteiger partial charge in [-0.2, -0.15) is 9.30 Å². The zero-order valence-electron chi connectivity index (χ0n) is 16.1. The number of fused-ring (bicyclic) bond motifs is 1. The quantitative estimate of drug-likeness (QED) is 0.655. The van der Waals surface area contributed by atoms with Crippen LogP contribution in [0.15, 0.2) is 23.2 Å². The highest BCUT2D eigenvalue weighted by Crippen LogP contribution is 2.22. The molecular formula is C18H22FN3O5S2. The van der Waals surface area contributed by atoms with E-state index in [0.717, 1.165) is 24.0 Å². The molecule has 1 aromatic heterocycles. The minimum Gasteiger partial charge on any atom is -0.465 e. The van der Waals surface area contributed by atoms with Crippen molar-refractivity contribution in [3.8, 4) is 0 Å². The molecule has 8 nitrogen and oxygen atoms in total. The molecule has 0 radical (unpaired) electrons. The summed E-state index contributed by atoms with van der Waals surface area (Å²) >= 11 is 1.06. The molecule has 0 saturated carbocycles. The molecule has 2 aromatic rings. The molecule has 158 valence electrons. The summed E-state index contributed by atoms with van der Waals surface area (Å²) in [7, 11) is -3.55. The summed E-state index contributed by atoms with van der Waals surface area (Å²) in [4.78, 5) is 29.2. The maximum absolute atomic E-state index is 13.6. The van der Waals surface area contributed by atoms with Crippen LogP contribution in [0.25, 0.3) is 10.2 Å². The van der Waals surface area contributed by atoms with E-state index in [-0.39, 0.29) is 24.5 Å². The minimum atomic E-state index is -3.55. The highest BCUT2D eigenvalue weighted by molar-refractivity contribution is 7.88. The summed E-state index contributed by atoms with van der Waals surface area (Å²) in [6.07, 6.45) is 2.86. The maximum atomic E-state index is 13.6. The number of esters is 1. The molecule has 1 saturated heterocycles. The lowest BCUT2D eigenvalue weighted by Gasteiger charge is -2.31. The molecule has 11 heteroatoms. The maximum Gasteiger partial charge on any atom is 0.326 e. The lowest BCUT2D eigenvalue weighted by atomic mass is 10.0. The van der Waals surface area contributed by atoms with Crippen LogP contribution in [0.1, 0.15) is 26.2 Å². The van der Waals surface area contributed by atoms with Gasteiger partial charge < -0.3 is 9.30 Å². The lowest BCUT2D eigenvalue weighted by molar-refractivity contribution is -0.143. The number of piperidine rings is 1. The van der Waals surface area contributed by atoms with Crippen LogP contribution < -0.4 is 4.80 Å². The van der Waals surface area contributed by atoms with Crippen molar-refractivity contribution in [1.82, 2.24) is 8.87 Å². The van der Waals surface area contributed by atoms with Gasteiger partial charge in [-0.3, -0.25) is 9.59 Å². The van der Waals surface area contributed by atoms with Crippen LogP contribution in [0.4, 0.5) is 4.39 Å². The Bertz CT molecular complexity index is 1110. The first-order chi connectivity index (χ1) is 13.7. The summed E-state index contributed by atoms with van der Waals surface area (Å²) in [6, 6.07) is 3.19. The van der Waals surface area contributed by atoms with Crippen LogP contribution in [0.5, 0.6) is 0 Å². The van der Waals surface area contributed by atoms with Gasteiger partial charge in [-0.1, -0.05) is 17.8 Å². The number of carbonyl (C=O) groups excluding carboxylic acids is 2. The van der Waals surface area contributed by atoms with Crippen LogP contribution in [0, 0.1) is 5.82 Å². The molecule has 1 atom stereocenters. The number of thiazole rings is 1. The number of benzene rings is 1. The first kappa shape index (κ1) is 21.6. The third-order valence-electron chi connectivity index (χ3n) is 4.61. The van der Waals surface area contributed by atoms with E-state index in [1.165, 1.54) is 27.1 Å². The lowest BCUT2D eigenvalue weighted by Crippen LogP contribution is -2.47. The van der Waals surface area contributed by atoms with Gasteiger partial charge in [0.25, 0.3) is 5.91 Å². The van der Waals surface area contributed by atoms with Gasteiger partial charge in [-0.25, -0.2) is 12.8 Å². The Morgan fingerprint density at radius 3 is 2.79 bits per heavy atom. The van der Waals surface area contributed by atoms with Crippen molar-refractivity contribution in [3.05, 3.63) is 28.8 Å². The molecule has 0 aliphatic carbocycles. The fourth-order valence-corrected chi connectivity index (χ4v) is 5.52.